The first kappa shape index (κ1) is 17.6. The van der Waals surface area contributed by atoms with Gasteiger partial charge in [-0.15, -0.1) is 0 Å². The van der Waals surface area contributed by atoms with Crippen LogP contribution in [0.4, 0.5) is 0 Å². The van der Waals surface area contributed by atoms with Crippen LogP contribution in [0.1, 0.15) is 23.7 Å². The smallest absolute Gasteiger partial charge is 0.253 e. The molecule has 0 saturated carbocycles. The first-order valence-electron chi connectivity index (χ1n) is 9.02. The Hall–Kier alpha value is -2.17. The highest BCUT2D eigenvalue weighted by Crippen LogP contribution is 2.20. The molecule has 0 radical (unpaired) electrons. The number of piperazine rings is 1. The van der Waals surface area contributed by atoms with E-state index in [0.29, 0.717) is 0 Å². The Morgan fingerprint density at radius 3 is 2.12 bits per heavy atom. The number of amides is 1. The molecule has 25 heavy (non-hydrogen) atoms. The van der Waals surface area contributed by atoms with E-state index < -0.39 is 0 Å². The molecule has 1 atom stereocenters. The molecule has 4 heteroatoms. The van der Waals surface area contributed by atoms with E-state index in [9.17, 15) is 9.90 Å². The van der Waals surface area contributed by atoms with Gasteiger partial charge in [-0.05, 0) is 29.7 Å². The molecule has 2 aromatic carbocycles. The van der Waals surface area contributed by atoms with Crippen molar-refractivity contribution in [2.24, 2.45) is 0 Å². The molecule has 3 rings (SSSR count). The lowest BCUT2D eigenvalue weighted by Gasteiger charge is -2.38. The summed E-state index contributed by atoms with van der Waals surface area (Å²) in [7, 11) is 0. The van der Waals surface area contributed by atoms with Crippen molar-refractivity contribution >= 4 is 5.91 Å². The minimum atomic E-state index is 0.0938. The minimum Gasteiger partial charge on any atom is -0.395 e. The molecule has 0 aromatic heterocycles. The zero-order valence-electron chi connectivity index (χ0n) is 14.8. The predicted molar refractivity (Wildman–Crippen MR) is 101 cm³/mol. The zero-order valence-corrected chi connectivity index (χ0v) is 14.8. The quantitative estimate of drug-likeness (QED) is 0.912. The fraction of sp³-hybridized carbons (Fsp3) is 0.381. The molecular weight excluding hydrogens is 312 g/mol. The lowest BCUT2D eigenvalue weighted by molar-refractivity contribution is 0.0472. The number of benzene rings is 2. The summed E-state index contributed by atoms with van der Waals surface area (Å²) >= 11 is 0. The third-order valence-electron chi connectivity index (χ3n) is 5.04. The third kappa shape index (κ3) is 4.09. The standard InChI is InChI=1S/C21H26N2O2/c1-2-20(16-24)22-12-14-23(15-13-22)21(25)19-10-8-18(9-11-19)17-6-4-3-5-7-17/h3-11,20,24H,2,12-16H2,1H3. The average molecular weight is 338 g/mol. The van der Waals surface area contributed by atoms with Crippen LogP contribution in [0.25, 0.3) is 11.1 Å². The van der Waals surface area contributed by atoms with Crippen molar-refractivity contribution in [1.29, 1.82) is 0 Å². The van der Waals surface area contributed by atoms with Gasteiger partial charge in [0.1, 0.15) is 0 Å². The zero-order chi connectivity index (χ0) is 17.6. The number of carbonyl (C=O) groups is 1. The molecule has 0 aliphatic carbocycles. The number of nitrogens with zero attached hydrogens (tertiary/aromatic N) is 2. The maximum Gasteiger partial charge on any atom is 0.253 e. The van der Waals surface area contributed by atoms with E-state index in [-0.39, 0.29) is 18.6 Å². The van der Waals surface area contributed by atoms with Crippen molar-refractivity contribution in [3.05, 3.63) is 60.2 Å². The maximum absolute atomic E-state index is 12.7. The molecule has 1 aliphatic rings. The second kappa shape index (κ2) is 8.28. The van der Waals surface area contributed by atoms with Gasteiger partial charge in [-0.25, -0.2) is 0 Å². The first-order valence-corrected chi connectivity index (χ1v) is 9.02. The topological polar surface area (TPSA) is 43.8 Å². The second-order valence-corrected chi connectivity index (χ2v) is 6.52. The van der Waals surface area contributed by atoms with Crippen LogP contribution in [-0.4, -0.2) is 59.6 Å². The van der Waals surface area contributed by atoms with Gasteiger partial charge in [-0.3, -0.25) is 9.69 Å². The Labute approximate surface area is 149 Å². The molecule has 1 heterocycles. The summed E-state index contributed by atoms with van der Waals surface area (Å²) in [6.45, 7) is 5.36. The van der Waals surface area contributed by atoms with E-state index in [1.807, 2.05) is 47.4 Å². The molecule has 1 N–H and O–H groups in total. The largest absolute Gasteiger partial charge is 0.395 e. The van der Waals surface area contributed by atoms with Crippen LogP contribution >= 0.6 is 0 Å². The highest BCUT2D eigenvalue weighted by molar-refractivity contribution is 5.94. The van der Waals surface area contributed by atoms with Gasteiger partial charge >= 0.3 is 0 Å². The van der Waals surface area contributed by atoms with E-state index in [4.69, 9.17) is 0 Å². The summed E-state index contributed by atoms with van der Waals surface area (Å²) < 4.78 is 0. The van der Waals surface area contributed by atoms with Crippen LogP contribution in [0.3, 0.4) is 0 Å². The Balaban J connectivity index is 1.62. The lowest BCUT2D eigenvalue weighted by atomic mass is 10.0. The number of aliphatic hydroxyl groups is 1. The molecular formula is C21H26N2O2. The highest BCUT2D eigenvalue weighted by atomic mass is 16.3. The van der Waals surface area contributed by atoms with E-state index in [2.05, 4.69) is 24.0 Å². The van der Waals surface area contributed by atoms with Gasteiger partial charge in [0.15, 0.2) is 0 Å². The fourth-order valence-electron chi connectivity index (χ4n) is 3.41. The Morgan fingerprint density at radius 2 is 1.56 bits per heavy atom. The summed E-state index contributed by atoms with van der Waals surface area (Å²) in [6.07, 6.45) is 0.936. The number of hydrogen-bond acceptors (Lipinski definition) is 3. The molecule has 2 aromatic rings. The predicted octanol–water partition coefficient (Wildman–Crippen LogP) is 2.88. The molecule has 1 amide bonds. The molecule has 4 nitrogen and oxygen atoms in total. The Kier molecular flexibility index (Phi) is 5.84. The van der Waals surface area contributed by atoms with Gasteiger partial charge in [0.2, 0.25) is 0 Å². The van der Waals surface area contributed by atoms with Crippen molar-refractivity contribution in [2.45, 2.75) is 19.4 Å². The van der Waals surface area contributed by atoms with E-state index in [1.165, 1.54) is 0 Å². The molecule has 132 valence electrons. The number of aliphatic hydroxyl groups excluding tert-OH is 1. The van der Waals surface area contributed by atoms with Gasteiger partial charge in [0, 0.05) is 37.8 Å². The lowest BCUT2D eigenvalue weighted by Crippen LogP contribution is -2.52. The van der Waals surface area contributed by atoms with Crippen LogP contribution in [-0.2, 0) is 0 Å². The molecule has 1 aliphatic heterocycles. The average Bonchev–Trinajstić information content (AvgIpc) is 2.70. The molecule has 0 spiro atoms. The van der Waals surface area contributed by atoms with Gasteiger partial charge in [0.05, 0.1) is 6.61 Å². The highest BCUT2D eigenvalue weighted by Gasteiger charge is 2.25. The van der Waals surface area contributed by atoms with Gasteiger partial charge in [0.25, 0.3) is 5.91 Å². The molecule has 1 saturated heterocycles. The van der Waals surface area contributed by atoms with Crippen LogP contribution in [0, 0.1) is 0 Å². The fourth-order valence-corrected chi connectivity index (χ4v) is 3.41. The van der Waals surface area contributed by atoms with Gasteiger partial charge in [-0.1, -0.05) is 49.4 Å². The Bertz CT molecular complexity index is 673. The van der Waals surface area contributed by atoms with Crippen LogP contribution in [0.2, 0.25) is 0 Å². The third-order valence-corrected chi connectivity index (χ3v) is 5.04. The molecule has 0 bridgehead atoms. The van der Waals surface area contributed by atoms with Crippen molar-refractivity contribution in [2.75, 3.05) is 32.8 Å². The number of hydrogen-bond donors (Lipinski definition) is 1. The SMILES string of the molecule is CCC(CO)N1CCN(C(=O)c2ccc(-c3ccccc3)cc2)CC1. The van der Waals surface area contributed by atoms with Crippen molar-refractivity contribution in [3.63, 3.8) is 0 Å². The number of rotatable bonds is 5. The van der Waals surface area contributed by atoms with Crippen LogP contribution in [0.15, 0.2) is 54.6 Å². The van der Waals surface area contributed by atoms with Crippen molar-refractivity contribution in [1.82, 2.24) is 9.80 Å². The normalized spacial score (nSPS) is 16.6. The second-order valence-electron chi connectivity index (χ2n) is 6.52. The molecule has 1 unspecified atom stereocenters. The number of carbonyl (C=O) groups excluding carboxylic acids is 1. The first-order chi connectivity index (χ1) is 12.2. The maximum atomic E-state index is 12.7. The summed E-state index contributed by atoms with van der Waals surface area (Å²) in [5.74, 6) is 0.0938. The van der Waals surface area contributed by atoms with Crippen molar-refractivity contribution < 1.29 is 9.90 Å². The van der Waals surface area contributed by atoms with Gasteiger partial charge in [-0.2, -0.15) is 0 Å². The van der Waals surface area contributed by atoms with Crippen LogP contribution in [0.5, 0.6) is 0 Å². The minimum absolute atomic E-state index is 0.0938. The molecule has 1 fully saturated rings. The summed E-state index contributed by atoms with van der Waals surface area (Å²) in [5.41, 5.74) is 3.02. The Morgan fingerprint density at radius 1 is 0.960 bits per heavy atom. The van der Waals surface area contributed by atoms with E-state index in [1.54, 1.807) is 0 Å². The van der Waals surface area contributed by atoms with Crippen LogP contribution < -0.4 is 0 Å². The van der Waals surface area contributed by atoms with E-state index >= 15 is 0 Å². The summed E-state index contributed by atoms with van der Waals surface area (Å²) in [6, 6.07) is 18.2. The monoisotopic (exact) mass is 338 g/mol. The van der Waals surface area contributed by atoms with E-state index in [0.717, 1.165) is 49.3 Å². The summed E-state index contributed by atoms with van der Waals surface area (Å²) in [5, 5.41) is 9.43. The van der Waals surface area contributed by atoms with Gasteiger partial charge < -0.3 is 10.0 Å². The van der Waals surface area contributed by atoms with Crippen molar-refractivity contribution in [3.8, 4) is 11.1 Å². The summed E-state index contributed by atoms with van der Waals surface area (Å²) in [4.78, 5) is 16.9.